The summed E-state index contributed by atoms with van der Waals surface area (Å²) in [6.45, 7) is 3.72. The molecule has 1 aromatic carbocycles. The third-order valence-electron chi connectivity index (χ3n) is 9.42. The van der Waals surface area contributed by atoms with Gasteiger partial charge in [-0.3, -0.25) is 9.88 Å². The molecule has 2 aliphatic heterocycles. The summed E-state index contributed by atoms with van der Waals surface area (Å²) in [5.41, 5.74) is 10.1. The van der Waals surface area contributed by atoms with E-state index in [1.807, 2.05) is 18.2 Å². The van der Waals surface area contributed by atoms with Crippen LogP contribution in [0.3, 0.4) is 0 Å². The van der Waals surface area contributed by atoms with Gasteiger partial charge in [0.1, 0.15) is 28.8 Å². The molecule has 0 spiro atoms. The molecule has 3 N–H and O–H groups in total. The van der Waals surface area contributed by atoms with Gasteiger partial charge < -0.3 is 20.5 Å². The summed E-state index contributed by atoms with van der Waals surface area (Å²) in [6.07, 6.45) is 9.37. The predicted molar refractivity (Wildman–Crippen MR) is 147 cm³/mol. The van der Waals surface area contributed by atoms with Crippen LogP contribution in [0.2, 0.25) is 0 Å². The van der Waals surface area contributed by atoms with Crippen LogP contribution in [0.25, 0.3) is 22.2 Å². The van der Waals surface area contributed by atoms with Gasteiger partial charge in [0.05, 0.1) is 12.3 Å². The molecule has 3 aromatic rings. The number of rotatable bonds is 6. The van der Waals surface area contributed by atoms with Crippen molar-refractivity contribution in [3.63, 3.8) is 0 Å². The van der Waals surface area contributed by atoms with Crippen LogP contribution >= 0.6 is 0 Å². The van der Waals surface area contributed by atoms with E-state index in [0.29, 0.717) is 52.7 Å². The predicted octanol–water partition coefficient (Wildman–Crippen LogP) is 5.42. The van der Waals surface area contributed by atoms with Crippen molar-refractivity contribution in [3.05, 3.63) is 35.8 Å². The van der Waals surface area contributed by atoms with E-state index in [1.54, 1.807) is 6.20 Å². The molecule has 5 atom stereocenters. The lowest BCUT2D eigenvalue weighted by Gasteiger charge is -2.38. The highest BCUT2D eigenvalue weighted by molar-refractivity contribution is 6.00. The minimum Gasteiger partial charge on any atom is -0.493 e. The number of nitrogens with two attached hydrogens (primary N) is 1. The Balaban J connectivity index is 1.34. The fourth-order valence-corrected chi connectivity index (χ4v) is 7.27. The van der Waals surface area contributed by atoms with E-state index in [0.717, 1.165) is 43.5 Å². The van der Waals surface area contributed by atoms with Crippen molar-refractivity contribution in [2.75, 3.05) is 31.2 Å². The normalized spacial score (nSPS) is 27.0. The van der Waals surface area contributed by atoms with E-state index in [1.165, 1.54) is 19.3 Å². The summed E-state index contributed by atoms with van der Waals surface area (Å²) in [7, 11) is 2.12. The van der Waals surface area contributed by atoms with Gasteiger partial charge in [0.25, 0.3) is 0 Å². The number of aryl methyl sites for hydroxylation is 1. The Morgan fingerprint density at radius 1 is 1.21 bits per heavy atom. The average molecular weight is 518 g/mol. The van der Waals surface area contributed by atoms with Crippen molar-refractivity contribution in [2.45, 2.75) is 70.1 Å². The Morgan fingerprint density at radius 3 is 2.82 bits per heavy atom. The number of aromatic nitrogens is 2. The summed E-state index contributed by atoms with van der Waals surface area (Å²) in [6, 6.07) is 6.48. The lowest BCUT2D eigenvalue weighted by molar-refractivity contribution is 0.118. The number of ether oxygens (including phenoxy) is 2. The second kappa shape index (κ2) is 9.26. The third-order valence-corrected chi connectivity index (χ3v) is 9.42. The number of pyridine rings is 2. The number of para-hydroxylation sites is 1. The summed E-state index contributed by atoms with van der Waals surface area (Å²) in [5, 5.41) is 4.29. The Kier molecular flexibility index (Phi) is 5.83. The first kappa shape index (κ1) is 23.9. The van der Waals surface area contributed by atoms with E-state index in [2.05, 4.69) is 29.2 Å². The fourth-order valence-electron chi connectivity index (χ4n) is 7.27. The molecule has 4 heterocycles. The summed E-state index contributed by atoms with van der Waals surface area (Å²) >= 11 is 0. The summed E-state index contributed by atoms with van der Waals surface area (Å²) in [5.74, 6) is 1.83. The van der Waals surface area contributed by atoms with Gasteiger partial charge in [0, 0.05) is 29.2 Å². The maximum absolute atomic E-state index is 16.4. The minimum absolute atomic E-state index is 0.124. The van der Waals surface area contributed by atoms with Crippen LogP contribution in [0, 0.1) is 17.7 Å². The molecule has 5 aliphatic rings. The van der Waals surface area contributed by atoms with Crippen molar-refractivity contribution in [3.8, 4) is 22.9 Å². The SMILES string of the molecule is C[C@H](Oc1nc2c(F)c(-c3cccc4c3OCCC4)ncc2c(NC2[C@@H]3CC[C@H]2C3)c1N)[C@@H]1CCCN1C. The molecule has 38 heavy (non-hydrogen) atoms. The van der Waals surface area contributed by atoms with Crippen molar-refractivity contribution in [1.82, 2.24) is 14.9 Å². The smallest absolute Gasteiger partial charge is 0.240 e. The minimum atomic E-state index is -0.472. The van der Waals surface area contributed by atoms with Crippen LogP contribution in [0.5, 0.6) is 11.6 Å². The second-order valence-electron chi connectivity index (χ2n) is 11.7. The number of benzene rings is 1. The molecule has 3 saturated carbocycles. The lowest BCUT2D eigenvalue weighted by atomic mass is 9.78. The maximum atomic E-state index is 16.4. The zero-order valence-electron chi connectivity index (χ0n) is 22.2. The number of hydrogen-bond acceptors (Lipinski definition) is 7. The largest absolute Gasteiger partial charge is 0.493 e. The Hall–Kier alpha value is -3.13. The van der Waals surface area contributed by atoms with Gasteiger partial charge >= 0.3 is 0 Å². The number of fused-ring (bicyclic) bond motifs is 3. The van der Waals surface area contributed by atoms with Crippen LogP contribution in [0.4, 0.5) is 15.8 Å². The highest BCUT2D eigenvalue weighted by atomic mass is 19.1. The number of anilines is 2. The number of nitrogens with zero attached hydrogens (tertiary/aromatic N) is 3. The zero-order chi connectivity index (χ0) is 26.0. The van der Waals surface area contributed by atoms with Gasteiger partial charge in [-0.05, 0) is 88.9 Å². The number of halogens is 1. The molecule has 7 nitrogen and oxygen atoms in total. The standard InChI is InChI=1S/C30H36FN5O2/c1-16(22-9-4-12-36(22)2)38-30-24(32)28(34-25-18-10-11-19(25)14-18)21-15-33-26(23(31)27(21)35-30)20-8-3-6-17-7-5-13-37-29(17)20/h3,6,8,15-16,18-19,22,25H,4-5,7,9-14,32H2,1-2H3,(H,34,35)/t16-,18-,19+,22-,25?/m0/s1. The number of hydrogen-bond donors (Lipinski definition) is 2. The third kappa shape index (κ3) is 3.79. The van der Waals surface area contributed by atoms with Crippen molar-refractivity contribution >= 4 is 22.3 Å². The van der Waals surface area contributed by atoms with Crippen LogP contribution in [0.1, 0.15) is 51.0 Å². The highest BCUT2D eigenvalue weighted by Crippen LogP contribution is 2.51. The van der Waals surface area contributed by atoms with Crippen LogP contribution in [-0.2, 0) is 6.42 Å². The molecular formula is C30H36FN5O2. The number of nitrogens with one attached hydrogen (secondary N) is 1. The molecule has 200 valence electrons. The van der Waals surface area contributed by atoms with E-state index < -0.39 is 5.82 Å². The van der Waals surface area contributed by atoms with Gasteiger partial charge in [-0.25, -0.2) is 9.37 Å². The average Bonchev–Trinajstić information content (AvgIpc) is 3.67. The van der Waals surface area contributed by atoms with Gasteiger partial charge in [-0.2, -0.15) is 0 Å². The van der Waals surface area contributed by atoms with Gasteiger partial charge in [0.2, 0.25) is 5.88 Å². The van der Waals surface area contributed by atoms with E-state index in [-0.39, 0.29) is 23.4 Å². The van der Waals surface area contributed by atoms with Gasteiger partial charge in [-0.1, -0.05) is 12.1 Å². The van der Waals surface area contributed by atoms with Crippen molar-refractivity contribution in [1.29, 1.82) is 0 Å². The molecule has 2 aromatic heterocycles. The molecule has 2 bridgehead atoms. The Bertz CT molecular complexity index is 1380. The molecule has 8 heteroatoms. The highest BCUT2D eigenvalue weighted by Gasteiger charge is 2.47. The van der Waals surface area contributed by atoms with Gasteiger partial charge in [-0.15, -0.1) is 0 Å². The van der Waals surface area contributed by atoms with Crippen LogP contribution < -0.4 is 20.5 Å². The first-order valence-corrected chi connectivity index (χ1v) is 14.2. The fraction of sp³-hybridized carbons (Fsp3) is 0.533. The van der Waals surface area contributed by atoms with Crippen LogP contribution in [0.15, 0.2) is 24.4 Å². The van der Waals surface area contributed by atoms with Gasteiger partial charge in [0.15, 0.2) is 5.82 Å². The number of likely N-dealkylation sites (tertiary alicyclic amines) is 1. The number of nitrogen functional groups attached to an aromatic ring is 1. The Labute approximate surface area is 222 Å². The zero-order valence-corrected chi connectivity index (χ0v) is 22.2. The lowest BCUT2D eigenvalue weighted by Crippen LogP contribution is -2.41. The first-order chi connectivity index (χ1) is 18.5. The van der Waals surface area contributed by atoms with E-state index in [4.69, 9.17) is 20.2 Å². The second-order valence-corrected chi connectivity index (χ2v) is 11.7. The topological polar surface area (TPSA) is 85.5 Å². The monoisotopic (exact) mass is 517 g/mol. The molecular weight excluding hydrogens is 481 g/mol. The molecule has 0 radical (unpaired) electrons. The molecule has 3 aliphatic carbocycles. The molecule has 1 unspecified atom stereocenters. The summed E-state index contributed by atoms with van der Waals surface area (Å²) < 4.78 is 28.8. The summed E-state index contributed by atoms with van der Waals surface area (Å²) in [4.78, 5) is 11.6. The quantitative estimate of drug-likeness (QED) is 0.452. The molecule has 8 rings (SSSR count). The molecule has 1 saturated heterocycles. The van der Waals surface area contributed by atoms with Crippen molar-refractivity contribution in [2.24, 2.45) is 11.8 Å². The van der Waals surface area contributed by atoms with Crippen LogP contribution in [-0.4, -0.2) is 53.3 Å². The molecule has 0 amide bonds. The Morgan fingerprint density at radius 2 is 2.05 bits per heavy atom. The number of likely N-dealkylation sites (N-methyl/N-ethyl adjacent to an activating group) is 1. The first-order valence-electron chi connectivity index (χ1n) is 14.2. The maximum Gasteiger partial charge on any atom is 0.240 e. The van der Waals surface area contributed by atoms with E-state index >= 15 is 4.39 Å². The molecule has 4 fully saturated rings. The van der Waals surface area contributed by atoms with Crippen molar-refractivity contribution < 1.29 is 13.9 Å². The van der Waals surface area contributed by atoms with E-state index in [9.17, 15) is 0 Å².